The maximum Gasteiger partial charge on any atom is 0.0901 e. The summed E-state index contributed by atoms with van der Waals surface area (Å²) < 4.78 is 0. The third-order valence-electron chi connectivity index (χ3n) is 1.36. The zero-order chi connectivity index (χ0) is 7.56. The van der Waals surface area contributed by atoms with E-state index in [1.54, 1.807) is 11.3 Å². The van der Waals surface area contributed by atoms with Crippen molar-refractivity contribution in [1.82, 2.24) is 4.98 Å². The van der Waals surface area contributed by atoms with Crippen molar-refractivity contribution in [3.63, 3.8) is 0 Å². The highest BCUT2D eigenvalue weighted by molar-refractivity contribution is 7.11. The number of nitrogens with zero attached hydrogens (tertiary/aromatic N) is 1. The molecule has 1 N–H and O–H groups in total. The Kier molecular flexibility index (Phi) is 2.40. The number of hydrogen-bond acceptors (Lipinski definition) is 3. The van der Waals surface area contributed by atoms with Gasteiger partial charge in [-0.25, -0.2) is 4.98 Å². The number of aliphatic hydroxyl groups excluding tert-OH is 1. The number of rotatable bonds is 2. The molecule has 0 bridgehead atoms. The maximum absolute atomic E-state index is 8.81. The Morgan fingerprint density at radius 1 is 1.60 bits per heavy atom. The minimum atomic E-state index is 0.0769. The smallest absolute Gasteiger partial charge is 0.0901 e. The summed E-state index contributed by atoms with van der Waals surface area (Å²) in [4.78, 5) is 5.38. The van der Waals surface area contributed by atoms with Crippen LogP contribution in [0, 0.1) is 6.92 Å². The van der Waals surface area contributed by atoms with Crippen molar-refractivity contribution in [2.75, 3.05) is 0 Å². The Hall–Kier alpha value is -0.410. The summed E-state index contributed by atoms with van der Waals surface area (Å²) in [6, 6.07) is 0. The summed E-state index contributed by atoms with van der Waals surface area (Å²) in [5.41, 5.74) is 0.852. The van der Waals surface area contributed by atoms with Gasteiger partial charge in [-0.05, 0) is 13.3 Å². The second-order valence-corrected chi connectivity index (χ2v) is 3.40. The Balaban J connectivity index is 2.96. The fraction of sp³-hybridized carbons (Fsp3) is 0.571. The predicted octanol–water partition coefficient (Wildman–Crippen LogP) is 1.51. The quantitative estimate of drug-likeness (QED) is 0.705. The summed E-state index contributed by atoms with van der Waals surface area (Å²) in [7, 11) is 0. The molecule has 1 aromatic rings. The highest BCUT2D eigenvalue weighted by Gasteiger charge is 2.04. The van der Waals surface area contributed by atoms with Crippen molar-refractivity contribution >= 4 is 11.3 Å². The van der Waals surface area contributed by atoms with E-state index in [-0.39, 0.29) is 6.61 Å². The molecule has 0 aromatic carbocycles. The van der Waals surface area contributed by atoms with Crippen LogP contribution in [-0.2, 0) is 13.0 Å². The Morgan fingerprint density at radius 2 is 2.30 bits per heavy atom. The average molecular weight is 157 g/mol. The van der Waals surface area contributed by atoms with Gasteiger partial charge in [-0.2, -0.15) is 0 Å². The molecule has 10 heavy (non-hydrogen) atoms. The number of hydrogen-bond donors (Lipinski definition) is 1. The van der Waals surface area contributed by atoms with Crippen LogP contribution < -0.4 is 0 Å². The standard InChI is InChI=1S/C7H11NOS/c1-3-7-6(4-9)8-5(2)10-7/h9H,3-4H2,1-2H3. The van der Waals surface area contributed by atoms with Gasteiger partial charge in [0.2, 0.25) is 0 Å². The zero-order valence-corrected chi connectivity index (χ0v) is 7.03. The lowest BCUT2D eigenvalue weighted by Gasteiger charge is -1.90. The van der Waals surface area contributed by atoms with Crippen molar-refractivity contribution in [1.29, 1.82) is 0 Å². The largest absolute Gasteiger partial charge is 0.390 e. The molecule has 0 atom stereocenters. The molecule has 2 nitrogen and oxygen atoms in total. The van der Waals surface area contributed by atoms with E-state index in [1.165, 1.54) is 4.88 Å². The molecule has 0 spiro atoms. The Bertz CT molecular complexity index is 198. The average Bonchev–Trinajstić information content (AvgIpc) is 2.30. The third-order valence-corrected chi connectivity index (χ3v) is 2.51. The van der Waals surface area contributed by atoms with E-state index < -0.39 is 0 Å². The fourth-order valence-corrected chi connectivity index (χ4v) is 1.80. The van der Waals surface area contributed by atoms with Crippen LogP contribution in [0.25, 0.3) is 0 Å². The molecule has 0 fully saturated rings. The molecule has 1 heterocycles. The normalized spacial score (nSPS) is 10.3. The molecule has 0 radical (unpaired) electrons. The van der Waals surface area contributed by atoms with E-state index in [4.69, 9.17) is 5.11 Å². The maximum atomic E-state index is 8.81. The first-order valence-corrected chi connectivity index (χ1v) is 4.15. The summed E-state index contributed by atoms with van der Waals surface area (Å²) in [5.74, 6) is 0. The van der Waals surface area contributed by atoms with Crippen molar-refractivity contribution < 1.29 is 5.11 Å². The minimum Gasteiger partial charge on any atom is -0.390 e. The lowest BCUT2D eigenvalue weighted by molar-refractivity contribution is 0.276. The van der Waals surface area contributed by atoms with Gasteiger partial charge in [0, 0.05) is 4.88 Å². The third kappa shape index (κ3) is 1.36. The number of aromatic nitrogens is 1. The summed E-state index contributed by atoms with van der Waals surface area (Å²) >= 11 is 1.67. The first-order chi connectivity index (χ1) is 4.77. The molecule has 3 heteroatoms. The van der Waals surface area contributed by atoms with Crippen LogP contribution in [0.1, 0.15) is 22.5 Å². The van der Waals surface area contributed by atoms with Crippen LogP contribution >= 0.6 is 11.3 Å². The molecule has 56 valence electrons. The predicted molar refractivity (Wildman–Crippen MR) is 42.2 cm³/mol. The van der Waals surface area contributed by atoms with E-state index in [0.29, 0.717) is 0 Å². The van der Waals surface area contributed by atoms with E-state index in [0.717, 1.165) is 17.1 Å². The van der Waals surface area contributed by atoms with Crippen LogP contribution in [0.5, 0.6) is 0 Å². The molecule has 0 unspecified atom stereocenters. The van der Waals surface area contributed by atoms with Crippen molar-refractivity contribution in [3.8, 4) is 0 Å². The Labute approximate surface area is 64.5 Å². The summed E-state index contributed by atoms with van der Waals surface area (Å²) in [6.07, 6.45) is 0.974. The van der Waals surface area contributed by atoms with Gasteiger partial charge in [0.1, 0.15) is 0 Å². The van der Waals surface area contributed by atoms with Crippen molar-refractivity contribution in [2.24, 2.45) is 0 Å². The topological polar surface area (TPSA) is 33.1 Å². The Morgan fingerprint density at radius 3 is 2.70 bits per heavy atom. The van der Waals surface area contributed by atoms with E-state index in [9.17, 15) is 0 Å². The molecule has 0 aliphatic carbocycles. The van der Waals surface area contributed by atoms with E-state index in [2.05, 4.69) is 11.9 Å². The molecular formula is C7H11NOS. The van der Waals surface area contributed by atoms with Gasteiger partial charge in [-0.1, -0.05) is 6.92 Å². The monoisotopic (exact) mass is 157 g/mol. The van der Waals surface area contributed by atoms with Gasteiger partial charge >= 0.3 is 0 Å². The van der Waals surface area contributed by atoms with Crippen LogP contribution in [-0.4, -0.2) is 10.1 Å². The second kappa shape index (κ2) is 3.12. The van der Waals surface area contributed by atoms with Gasteiger partial charge in [-0.15, -0.1) is 11.3 Å². The summed E-state index contributed by atoms with van der Waals surface area (Å²) in [5, 5.41) is 9.85. The first kappa shape index (κ1) is 7.69. The molecule has 1 rings (SSSR count). The zero-order valence-electron chi connectivity index (χ0n) is 6.22. The molecule has 0 amide bonds. The number of aryl methyl sites for hydroxylation is 2. The van der Waals surface area contributed by atoms with Crippen LogP contribution in [0.3, 0.4) is 0 Å². The van der Waals surface area contributed by atoms with Gasteiger partial charge in [0.15, 0.2) is 0 Å². The number of aliphatic hydroxyl groups is 1. The molecule has 0 saturated heterocycles. The van der Waals surface area contributed by atoms with Gasteiger partial charge in [0.25, 0.3) is 0 Å². The minimum absolute atomic E-state index is 0.0769. The highest BCUT2D eigenvalue weighted by atomic mass is 32.1. The van der Waals surface area contributed by atoms with Gasteiger partial charge < -0.3 is 5.11 Å². The molecular weight excluding hydrogens is 146 g/mol. The van der Waals surface area contributed by atoms with Crippen LogP contribution in [0.4, 0.5) is 0 Å². The van der Waals surface area contributed by atoms with Crippen molar-refractivity contribution in [3.05, 3.63) is 15.6 Å². The first-order valence-electron chi connectivity index (χ1n) is 3.34. The lowest BCUT2D eigenvalue weighted by atomic mass is 10.3. The van der Waals surface area contributed by atoms with Gasteiger partial charge in [-0.3, -0.25) is 0 Å². The van der Waals surface area contributed by atoms with E-state index >= 15 is 0 Å². The molecule has 0 aliphatic rings. The summed E-state index contributed by atoms with van der Waals surface area (Å²) in [6.45, 7) is 4.11. The van der Waals surface area contributed by atoms with E-state index in [1.807, 2.05) is 6.92 Å². The van der Waals surface area contributed by atoms with Gasteiger partial charge in [0.05, 0.1) is 17.3 Å². The number of thiazole rings is 1. The van der Waals surface area contributed by atoms with Crippen LogP contribution in [0.15, 0.2) is 0 Å². The SMILES string of the molecule is CCc1sc(C)nc1CO. The molecule has 1 aromatic heterocycles. The molecule has 0 aliphatic heterocycles. The lowest BCUT2D eigenvalue weighted by Crippen LogP contribution is -1.87. The molecule has 0 saturated carbocycles. The second-order valence-electron chi connectivity index (χ2n) is 2.11. The van der Waals surface area contributed by atoms with Crippen molar-refractivity contribution in [2.45, 2.75) is 26.9 Å². The highest BCUT2D eigenvalue weighted by Crippen LogP contribution is 2.17. The van der Waals surface area contributed by atoms with Crippen LogP contribution in [0.2, 0.25) is 0 Å². The fourth-order valence-electron chi connectivity index (χ4n) is 0.912.